The summed E-state index contributed by atoms with van der Waals surface area (Å²) in [5, 5.41) is 7.29. The van der Waals surface area contributed by atoms with Crippen molar-refractivity contribution in [3.8, 4) is 0 Å². The molecule has 1 aromatic carbocycles. The highest BCUT2D eigenvalue weighted by Crippen LogP contribution is 2.23. The van der Waals surface area contributed by atoms with Crippen LogP contribution in [0.5, 0.6) is 0 Å². The molecule has 0 aliphatic carbocycles. The first-order valence-corrected chi connectivity index (χ1v) is 7.44. The average molecular weight is 283 g/mol. The van der Waals surface area contributed by atoms with Gasteiger partial charge in [0.2, 0.25) is 10.0 Å². The molecule has 0 saturated carbocycles. The maximum absolute atomic E-state index is 12.4. The van der Waals surface area contributed by atoms with Crippen LogP contribution in [0.2, 0.25) is 0 Å². The third kappa shape index (κ3) is 2.76. The van der Waals surface area contributed by atoms with Crippen LogP contribution in [0, 0.1) is 5.41 Å². The second kappa shape index (κ2) is 4.57. The molecular weight excluding hydrogens is 266 g/mol. The Hall–Kier alpha value is -1.47. The number of aromatic nitrogens is 2. The van der Waals surface area contributed by atoms with Crippen molar-refractivity contribution < 1.29 is 13.0 Å². The molecule has 0 bridgehead atoms. The molecule has 1 aromatic heterocycles. The van der Waals surface area contributed by atoms with Gasteiger partial charge in [-0.3, -0.25) is 0 Å². The fourth-order valence-electron chi connectivity index (χ4n) is 1.47. The molecule has 7 heteroatoms. The van der Waals surface area contributed by atoms with Crippen LogP contribution >= 0.6 is 0 Å². The molecule has 1 N–H and O–H groups in total. The Balaban J connectivity index is 2.43. The van der Waals surface area contributed by atoms with Gasteiger partial charge >= 0.3 is 0 Å². The van der Waals surface area contributed by atoms with Gasteiger partial charge in [0.1, 0.15) is 10.4 Å². The Bertz CT molecular complexity index is 686. The van der Waals surface area contributed by atoms with Crippen LogP contribution in [0.4, 0.5) is 0 Å². The number of benzene rings is 1. The molecular formula is C12H17N3O3S. The van der Waals surface area contributed by atoms with E-state index in [0.717, 1.165) is 0 Å². The quantitative estimate of drug-likeness (QED) is 0.930. The normalized spacial score (nSPS) is 14.7. The van der Waals surface area contributed by atoms with Crippen molar-refractivity contribution in [1.82, 2.24) is 15.0 Å². The predicted octanol–water partition coefficient (Wildman–Crippen LogP) is 1.94. The van der Waals surface area contributed by atoms with Crippen LogP contribution in [0.3, 0.4) is 0 Å². The number of nitrogens with zero attached hydrogens (tertiary/aromatic N) is 2. The Morgan fingerprint density at radius 2 is 1.95 bits per heavy atom. The highest BCUT2D eigenvalue weighted by molar-refractivity contribution is 7.89. The maximum Gasteiger partial charge on any atom is 0.243 e. The topological polar surface area (TPSA) is 85.1 Å². The van der Waals surface area contributed by atoms with Crippen LogP contribution in [0.25, 0.3) is 11.0 Å². The lowest BCUT2D eigenvalue weighted by Crippen LogP contribution is -2.41. The smallest absolute Gasteiger partial charge is 0.243 e. The summed E-state index contributed by atoms with van der Waals surface area (Å²) in [5.74, 6) is 0. The van der Waals surface area contributed by atoms with E-state index < -0.39 is 10.0 Å². The first-order valence-electron chi connectivity index (χ1n) is 5.95. The van der Waals surface area contributed by atoms with Gasteiger partial charge in [0.25, 0.3) is 0 Å². The van der Waals surface area contributed by atoms with Crippen LogP contribution in [-0.2, 0) is 10.0 Å². The lowest BCUT2D eigenvalue weighted by atomic mass is 9.89. The minimum atomic E-state index is -3.65. The molecule has 6 nitrogen and oxygen atoms in total. The van der Waals surface area contributed by atoms with Crippen molar-refractivity contribution in [1.29, 1.82) is 0 Å². The standard InChI is InChI=1S/C12H17N3O3S/c1-8(12(2,3)4)15-19(16,17)10-7-5-6-9-11(10)14-18-13-9/h5-8,15H,1-4H3/t8-/m1/s1. The first-order chi connectivity index (χ1) is 8.72. The highest BCUT2D eigenvalue weighted by atomic mass is 32.2. The van der Waals surface area contributed by atoms with E-state index in [1.165, 1.54) is 6.07 Å². The largest absolute Gasteiger partial charge is 0.243 e. The summed E-state index contributed by atoms with van der Waals surface area (Å²) in [4.78, 5) is 0.0855. The van der Waals surface area contributed by atoms with Gasteiger partial charge in [0, 0.05) is 6.04 Å². The average Bonchev–Trinajstić information content (AvgIpc) is 2.74. The molecule has 2 aromatic rings. The van der Waals surface area contributed by atoms with E-state index in [1.807, 2.05) is 27.7 Å². The van der Waals surface area contributed by atoms with Crippen molar-refractivity contribution >= 4 is 21.1 Å². The molecule has 0 fully saturated rings. The van der Waals surface area contributed by atoms with E-state index in [1.54, 1.807) is 12.1 Å². The summed E-state index contributed by atoms with van der Waals surface area (Å²) in [6.07, 6.45) is 0. The minimum absolute atomic E-state index is 0.0855. The van der Waals surface area contributed by atoms with Crippen molar-refractivity contribution in [2.24, 2.45) is 5.41 Å². The third-order valence-corrected chi connectivity index (χ3v) is 4.74. The van der Waals surface area contributed by atoms with Crippen molar-refractivity contribution in [2.45, 2.75) is 38.6 Å². The Kier molecular flexibility index (Phi) is 3.36. The van der Waals surface area contributed by atoms with E-state index in [9.17, 15) is 8.42 Å². The van der Waals surface area contributed by atoms with E-state index in [2.05, 4.69) is 19.7 Å². The Morgan fingerprint density at radius 1 is 1.26 bits per heavy atom. The molecule has 1 atom stereocenters. The lowest BCUT2D eigenvalue weighted by Gasteiger charge is -2.27. The van der Waals surface area contributed by atoms with Crippen LogP contribution in [0.15, 0.2) is 27.7 Å². The number of nitrogens with one attached hydrogen (secondary N) is 1. The molecule has 0 unspecified atom stereocenters. The van der Waals surface area contributed by atoms with Crippen LogP contribution in [-0.4, -0.2) is 24.8 Å². The second-order valence-electron chi connectivity index (χ2n) is 5.60. The molecule has 0 amide bonds. The van der Waals surface area contributed by atoms with Gasteiger partial charge in [-0.15, -0.1) is 0 Å². The molecule has 0 aliphatic rings. The number of rotatable bonds is 3. The van der Waals surface area contributed by atoms with Crippen molar-refractivity contribution in [3.63, 3.8) is 0 Å². The monoisotopic (exact) mass is 283 g/mol. The van der Waals surface area contributed by atoms with Gasteiger partial charge in [-0.2, -0.15) is 0 Å². The van der Waals surface area contributed by atoms with Gasteiger partial charge in [0.15, 0.2) is 5.52 Å². The maximum atomic E-state index is 12.4. The summed E-state index contributed by atoms with van der Waals surface area (Å²) < 4.78 is 32.0. The van der Waals surface area contributed by atoms with Gasteiger partial charge < -0.3 is 0 Å². The van der Waals surface area contributed by atoms with Gasteiger partial charge in [0.05, 0.1) is 0 Å². The molecule has 0 radical (unpaired) electrons. The van der Waals surface area contributed by atoms with Gasteiger partial charge in [-0.1, -0.05) is 26.8 Å². The third-order valence-electron chi connectivity index (χ3n) is 3.17. The summed E-state index contributed by atoms with van der Waals surface area (Å²) in [5.41, 5.74) is 0.491. The second-order valence-corrected chi connectivity index (χ2v) is 7.28. The SMILES string of the molecule is C[C@@H](NS(=O)(=O)c1cccc2nonc12)C(C)(C)C. The van der Waals surface area contributed by atoms with E-state index in [4.69, 9.17) is 0 Å². The van der Waals surface area contributed by atoms with E-state index in [-0.39, 0.29) is 21.9 Å². The van der Waals surface area contributed by atoms with E-state index >= 15 is 0 Å². The van der Waals surface area contributed by atoms with E-state index in [0.29, 0.717) is 5.52 Å². The number of sulfonamides is 1. The molecule has 1 heterocycles. The van der Waals surface area contributed by atoms with Crippen molar-refractivity contribution in [3.05, 3.63) is 18.2 Å². The first kappa shape index (κ1) is 14.0. The minimum Gasteiger partial charge on any atom is -0.243 e. The zero-order valence-corrected chi connectivity index (χ0v) is 12.2. The zero-order chi connectivity index (χ0) is 14.3. The summed E-state index contributed by atoms with van der Waals surface area (Å²) in [6.45, 7) is 7.74. The molecule has 104 valence electrons. The Labute approximate surface area is 112 Å². The molecule has 19 heavy (non-hydrogen) atoms. The molecule has 0 aliphatic heterocycles. The number of hydrogen-bond donors (Lipinski definition) is 1. The van der Waals surface area contributed by atoms with Gasteiger partial charge in [-0.25, -0.2) is 17.8 Å². The molecule has 0 saturated heterocycles. The van der Waals surface area contributed by atoms with Crippen LogP contribution < -0.4 is 4.72 Å². The molecule has 0 spiro atoms. The van der Waals surface area contributed by atoms with Gasteiger partial charge in [-0.05, 0) is 34.8 Å². The summed E-state index contributed by atoms with van der Waals surface area (Å²) >= 11 is 0. The lowest BCUT2D eigenvalue weighted by molar-refractivity contribution is 0.314. The fraction of sp³-hybridized carbons (Fsp3) is 0.500. The highest BCUT2D eigenvalue weighted by Gasteiger charge is 2.27. The number of hydrogen-bond acceptors (Lipinski definition) is 5. The van der Waals surface area contributed by atoms with Crippen LogP contribution in [0.1, 0.15) is 27.7 Å². The fourth-order valence-corrected chi connectivity index (χ4v) is 3.07. The predicted molar refractivity (Wildman–Crippen MR) is 71.0 cm³/mol. The summed E-state index contributed by atoms with van der Waals surface area (Å²) in [7, 11) is -3.65. The zero-order valence-electron chi connectivity index (χ0n) is 11.3. The van der Waals surface area contributed by atoms with Crippen molar-refractivity contribution in [2.75, 3.05) is 0 Å². The number of fused-ring (bicyclic) bond motifs is 1. The summed E-state index contributed by atoms with van der Waals surface area (Å²) in [6, 6.07) is 4.54. The molecule has 2 rings (SSSR count). The Morgan fingerprint density at radius 3 is 2.58 bits per heavy atom.